The van der Waals surface area contributed by atoms with Gasteiger partial charge < -0.3 is 14.8 Å². The lowest BCUT2D eigenvalue weighted by molar-refractivity contribution is -0.0801. The molecule has 3 heteroatoms. The summed E-state index contributed by atoms with van der Waals surface area (Å²) in [5.74, 6) is 0.849. The Morgan fingerprint density at radius 3 is 2.72 bits per heavy atom. The quantitative estimate of drug-likeness (QED) is 0.835. The number of rotatable bonds is 4. The Balaban J connectivity index is 1.55. The van der Waals surface area contributed by atoms with Gasteiger partial charge in [0.1, 0.15) is 0 Å². The third-order valence-electron chi connectivity index (χ3n) is 5.02. The van der Waals surface area contributed by atoms with Gasteiger partial charge in [0.25, 0.3) is 0 Å². The van der Waals surface area contributed by atoms with E-state index in [-0.39, 0.29) is 5.60 Å². The largest absolute Gasteiger partial charge is 0.376 e. The van der Waals surface area contributed by atoms with Gasteiger partial charge in [-0.2, -0.15) is 0 Å². The molecule has 1 N–H and O–H groups in total. The molecule has 104 valence electrons. The summed E-state index contributed by atoms with van der Waals surface area (Å²) in [5, 5.41) is 3.87. The van der Waals surface area contributed by atoms with E-state index in [0.29, 0.717) is 18.2 Å². The van der Waals surface area contributed by atoms with E-state index in [1.807, 2.05) is 0 Å². The van der Waals surface area contributed by atoms with E-state index in [9.17, 15) is 0 Å². The van der Waals surface area contributed by atoms with Gasteiger partial charge in [0.2, 0.25) is 0 Å². The highest BCUT2D eigenvalue weighted by Crippen LogP contribution is 2.39. The number of nitrogens with one attached hydrogen (secondary N) is 1. The Morgan fingerprint density at radius 1 is 1.17 bits per heavy atom. The molecule has 4 atom stereocenters. The van der Waals surface area contributed by atoms with Crippen LogP contribution < -0.4 is 5.32 Å². The van der Waals surface area contributed by atoms with Crippen molar-refractivity contribution >= 4 is 0 Å². The summed E-state index contributed by atoms with van der Waals surface area (Å²) in [6.07, 6.45) is 7.87. The molecule has 3 nitrogen and oxygen atoms in total. The lowest BCUT2D eigenvalue weighted by atomic mass is 9.89. The number of hydrogen-bond donors (Lipinski definition) is 1. The van der Waals surface area contributed by atoms with Crippen LogP contribution in [0.4, 0.5) is 0 Å². The Hall–Kier alpha value is -0.120. The van der Waals surface area contributed by atoms with E-state index in [4.69, 9.17) is 9.47 Å². The van der Waals surface area contributed by atoms with Gasteiger partial charge in [-0.3, -0.25) is 0 Å². The molecule has 4 unspecified atom stereocenters. The molecule has 0 aromatic rings. The highest BCUT2D eigenvalue weighted by atomic mass is 16.5. The first-order valence-electron chi connectivity index (χ1n) is 7.72. The summed E-state index contributed by atoms with van der Waals surface area (Å²) in [6, 6.07) is 1.22. The van der Waals surface area contributed by atoms with Gasteiger partial charge in [-0.25, -0.2) is 0 Å². The van der Waals surface area contributed by atoms with Crippen molar-refractivity contribution in [1.82, 2.24) is 5.32 Å². The smallest absolute Gasteiger partial charge is 0.0757 e. The maximum atomic E-state index is 5.92. The number of ether oxygens (including phenoxy) is 2. The Kier molecular flexibility index (Phi) is 3.65. The van der Waals surface area contributed by atoms with Gasteiger partial charge in [-0.1, -0.05) is 6.92 Å². The van der Waals surface area contributed by atoms with Crippen molar-refractivity contribution in [3.05, 3.63) is 0 Å². The molecule has 3 rings (SSSR count). The van der Waals surface area contributed by atoms with Crippen molar-refractivity contribution < 1.29 is 9.47 Å². The molecule has 0 radical (unpaired) electrons. The molecule has 3 fully saturated rings. The van der Waals surface area contributed by atoms with Crippen LogP contribution in [0.25, 0.3) is 0 Å². The average Bonchev–Trinajstić information content (AvgIpc) is 3.11. The van der Waals surface area contributed by atoms with Crippen LogP contribution in [-0.4, -0.2) is 37.0 Å². The standard InChI is InChI=1S/C15H27NO2/c1-3-15(2)10-12(6-9-18-15)16-13-7-8-17-14(13)11-4-5-11/h11-14,16H,3-10H2,1-2H3. The van der Waals surface area contributed by atoms with E-state index in [2.05, 4.69) is 19.2 Å². The molecule has 18 heavy (non-hydrogen) atoms. The van der Waals surface area contributed by atoms with Crippen molar-refractivity contribution in [3.8, 4) is 0 Å². The van der Waals surface area contributed by atoms with Crippen molar-refractivity contribution in [2.24, 2.45) is 5.92 Å². The lowest BCUT2D eigenvalue weighted by Gasteiger charge is -2.39. The van der Waals surface area contributed by atoms with Gasteiger partial charge >= 0.3 is 0 Å². The van der Waals surface area contributed by atoms with Crippen LogP contribution in [0.15, 0.2) is 0 Å². The highest BCUT2D eigenvalue weighted by Gasteiger charge is 2.42. The molecule has 0 amide bonds. The molecule has 1 aliphatic carbocycles. The molecule has 2 saturated heterocycles. The molecule has 1 saturated carbocycles. The zero-order valence-electron chi connectivity index (χ0n) is 11.8. The summed E-state index contributed by atoms with van der Waals surface area (Å²) >= 11 is 0. The molecule has 2 heterocycles. The van der Waals surface area contributed by atoms with Gasteiger partial charge in [0.05, 0.1) is 11.7 Å². The molecular weight excluding hydrogens is 226 g/mol. The summed E-state index contributed by atoms with van der Waals surface area (Å²) < 4.78 is 11.8. The number of hydrogen-bond acceptors (Lipinski definition) is 3. The zero-order valence-corrected chi connectivity index (χ0v) is 11.8. The Bertz CT molecular complexity index is 292. The predicted molar refractivity (Wildman–Crippen MR) is 71.7 cm³/mol. The first-order chi connectivity index (χ1) is 8.70. The first-order valence-corrected chi connectivity index (χ1v) is 7.72. The van der Waals surface area contributed by atoms with Crippen molar-refractivity contribution in [2.45, 2.75) is 76.2 Å². The van der Waals surface area contributed by atoms with E-state index >= 15 is 0 Å². The van der Waals surface area contributed by atoms with Crippen LogP contribution in [-0.2, 0) is 9.47 Å². The molecular formula is C15H27NO2. The first kappa shape index (κ1) is 12.9. The normalized spacial score (nSPS) is 45.3. The molecule has 0 bridgehead atoms. The molecule has 0 aromatic carbocycles. The van der Waals surface area contributed by atoms with Gasteiger partial charge in [0, 0.05) is 25.3 Å². The predicted octanol–water partition coefficient (Wildman–Crippen LogP) is 2.49. The van der Waals surface area contributed by atoms with Crippen LogP contribution in [0, 0.1) is 5.92 Å². The van der Waals surface area contributed by atoms with Gasteiger partial charge in [-0.15, -0.1) is 0 Å². The minimum atomic E-state index is 0.0878. The monoisotopic (exact) mass is 253 g/mol. The minimum Gasteiger partial charge on any atom is -0.376 e. The third kappa shape index (κ3) is 2.73. The minimum absolute atomic E-state index is 0.0878. The fourth-order valence-electron chi connectivity index (χ4n) is 3.50. The van der Waals surface area contributed by atoms with Gasteiger partial charge in [0.15, 0.2) is 0 Å². The van der Waals surface area contributed by atoms with Crippen molar-refractivity contribution in [2.75, 3.05) is 13.2 Å². The van der Waals surface area contributed by atoms with E-state index in [1.165, 1.54) is 19.3 Å². The molecule has 3 aliphatic rings. The fraction of sp³-hybridized carbons (Fsp3) is 1.00. The molecule has 2 aliphatic heterocycles. The second kappa shape index (κ2) is 5.10. The van der Waals surface area contributed by atoms with Crippen LogP contribution in [0.1, 0.15) is 52.4 Å². The van der Waals surface area contributed by atoms with Crippen LogP contribution in [0.5, 0.6) is 0 Å². The van der Waals surface area contributed by atoms with Crippen molar-refractivity contribution in [3.63, 3.8) is 0 Å². The maximum Gasteiger partial charge on any atom is 0.0757 e. The Labute approximate surface area is 111 Å². The third-order valence-corrected chi connectivity index (χ3v) is 5.02. The van der Waals surface area contributed by atoms with Crippen molar-refractivity contribution in [1.29, 1.82) is 0 Å². The van der Waals surface area contributed by atoms with E-state index < -0.39 is 0 Å². The van der Waals surface area contributed by atoms with Crippen LogP contribution in [0.2, 0.25) is 0 Å². The zero-order chi connectivity index (χ0) is 12.6. The van der Waals surface area contributed by atoms with Crippen LogP contribution in [0.3, 0.4) is 0 Å². The maximum absolute atomic E-state index is 5.92. The summed E-state index contributed by atoms with van der Waals surface area (Å²) in [7, 11) is 0. The molecule has 0 spiro atoms. The molecule has 0 aromatic heterocycles. The summed E-state index contributed by atoms with van der Waals surface area (Å²) in [4.78, 5) is 0. The summed E-state index contributed by atoms with van der Waals surface area (Å²) in [6.45, 7) is 6.34. The van der Waals surface area contributed by atoms with E-state index in [0.717, 1.165) is 38.4 Å². The lowest BCUT2D eigenvalue weighted by Crippen LogP contribution is -2.50. The Morgan fingerprint density at radius 2 is 2.00 bits per heavy atom. The topological polar surface area (TPSA) is 30.5 Å². The highest BCUT2D eigenvalue weighted by molar-refractivity contribution is 4.96. The average molecular weight is 253 g/mol. The van der Waals surface area contributed by atoms with Gasteiger partial charge in [-0.05, 0) is 51.4 Å². The summed E-state index contributed by atoms with van der Waals surface area (Å²) in [5.41, 5.74) is 0.0878. The fourth-order valence-corrected chi connectivity index (χ4v) is 3.50. The second-order valence-electron chi connectivity index (χ2n) is 6.58. The second-order valence-corrected chi connectivity index (χ2v) is 6.58. The van der Waals surface area contributed by atoms with E-state index in [1.54, 1.807) is 0 Å². The SMILES string of the molecule is CCC1(C)CC(NC2CCOC2C2CC2)CCO1. The van der Waals surface area contributed by atoms with Crippen LogP contribution >= 0.6 is 0 Å².